The average molecular weight is 355 g/mol. The molecule has 1 heterocycles. The molecule has 6 nitrogen and oxygen atoms in total. The van der Waals surface area contributed by atoms with Gasteiger partial charge in [-0.3, -0.25) is 4.79 Å². The van der Waals surface area contributed by atoms with E-state index in [1.165, 1.54) is 0 Å². The number of aliphatic hydroxyl groups excluding tert-OH is 2. The van der Waals surface area contributed by atoms with Crippen LogP contribution in [0.25, 0.3) is 0 Å². The van der Waals surface area contributed by atoms with Gasteiger partial charge in [0.05, 0.1) is 18.2 Å². The third-order valence-electron chi connectivity index (χ3n) is 4.64. The van der Waals surface area contributed by atoms with E-state index in [1.807, 2.05) is 36.4 Å². The second-order valence-corrected chi connectivity index (χ2v) is 6.37. The van der Waals surface area contributed by atoms with Gasteiger partial charge in [0.1, 0.15) is 6.10 Å². The zero-order valence-electron chi connectivity index (χ0n) is 14.6. The zero-order valence-corrected chi connectivity index (χ0v) is 14.6. The molecular weight excluding hydrogens is 330 g/mol. The summed E-state index contributed by atoms with van der Waals surface area (Å²) >= 11 is 0. The number of anilines is 1. The highest BCUT2D eigenvalue weighted by molar-refractivity contribution is 6.00. The maximum atomic E-state index is 12.8. The number of amides is 1. The van der Waals surface area contributed by atoms with Crippen molar-refractivity contribution in [2.24, 2.45) is 0 Å². The van der Waals surface area contributed by atoms with Crippen LogP contribution in [0, 0.1) is 0 Å². The van der Waals surface area contributed by atoms with E-state index in [0.29, 0.717) is 11.1 Å². The number of para-hydroxylation sites is 1. The maximum Gasteiger partial charge on any atom is 0.253 e. The second-order valence-electron chi connectivity index (χ2n) is 6.37. The lowest BCUT2D eigenvalue weighted by molar-refractivity contribution is 0.0703. The summed E-state index contributed by atoms with van der Waals surface area (Å²) in [4.78, 5) is 15.0. The van der Waals surface area contributed by atoms with Crippen LogP contribution >= 0.6 is 0 Å². The second kappa shape index (κ2) is 8.80. The first-order chi connectivity index (χ1) is 12.7. The first-order valence-corrected chi connectivity index (χ1v) is 8.90. The molecule has 1 aliphatic heterocycles. The molecule has 0 radical (unpaired) electrons. The molecule has 0 saturated carbocycles. The number of carbonyl (C=O) groups excluding carboxylic acids is 1. The molecule has 0 spiro atoms. The quantitative estimate of drug-likeness (QED) is 0.619. The molecule has 1 fully saturated rings. The first-order valence-electron chi connectivity index (χ1n) is 8.90. The molecule has 26 heavy (non-hydrogen) atoms. The average Bonchev–Trinajstić information content (AvgIpc) is 2.72. The molecule has 2 atom stereocenters. The molecule has 2 aromatic rings. The minimum absolute atomic E-state index is 0.298. The molecule has 1 aliphatic rings. The highest BCUT2D eigenvalue weighted by Gasteiger charge is 2.25. The van der Waals surface area contributed by atoms with E-state index in [2.05, 4.69) is 15.5 Å². The Morgan fingerprint density at radius 3 is 2.42 bits per heavy atom. The standard InChI is InChI=1S/C20H25N3O3/c24-14-17(19(25)15-6-2-1-3-7-15)22-20(26)16-8-4-5-9-18(16)23-12-10-21-11-13-23/h1-9,17,19,21,24-25H,10-14H2,(H,22,26)/t17-,19-/m0/s1. The molecule has 6 heteroatoms. The van der Waals surface area contributed by atoms with Crippen LogP contribution < -0.4 is 15.5 Å². The summed E-state index contributed by atoms with van der Waals surface area (Å²) in [5.74, 6) is -0.298. The highest BCUT2D eigenvalue weighted by atomic mass is 16.3. The fourth-order valence-corrected chi connectivity index (χ4v) is 3.20. The summed E-state index contributed by atoms with van der Waals surface area (Å²) in [7, 11) is 0. The van der Waals surface area contributed by atoms with Gasteiger partial charge in [-0.2, -0.15) is 0 Å². The van der Waals surface area contributed by atoms with Gasteiger partial charge < -0.3 is 25.7 Å². The molecule has 0 bridgehead atoms. The van der Waals surface area contributed by atoms with Gasteiger partial charge in [-0.05, 0) is 17.7 Å². The molecule has 4 N–H and O–H groups in total. The summed E-state index contributed by atoms with van der Waals surface area (Å²) in [5.41, 5.74) is 2.08. The van der Waals surface area contributed by atoms with Crippen LogP contribution in [0.4, 0.5) is 5.69 Å². The summed E-state index contributed by atoms with van der Waals surface area (Å²) in [5, 5.41) is 26.3. The van der Waals surface area contributed by atoms with Crippen molar-refractivity contribution in [3.63, 3.8) is 0 Å². The minimum atomic E-state index is -0.975. The predicted molar refractivity (Wildman–Crippen MR) is 101 cm³/mol. The van der Waals surface area contributed by atoms with Crippen molar-refractivity contribution in [2.75, 3.05) is 37.7 Å². The Labute approximate surface area is 153 Å². The minimum Gasteiger partial charge on any atom is -0.394 e. The molecular formula is C20H25N3O3. The van der Waals surface area contributed by atoms with Gasteiger partial charge in [-0.25, -0.2) is 0 Å². The zero-order chi connectivity index (χ0) is 18.4. The molecule has 0 aromatic heterocycles. The van der Waals surface area contributed by atoms with Crippen molar-refractivity contribution in [1.82, 2.24) is 10.6 Å². The Morgan fingerprint density at radius 1 is 1.08 bits per heavy atom. The molecule has 0 aliphatic carbocycles. The Balaban J connectivity index is 1.76. The van der Waals surface area contributed by atoms with Crippen molar-refractivity contribution >= 4 is 11.6 Å². The normalized spacial score (nSPS) is 16.8. The number of benzene rings is 2. The van der Waals surface area contributed by atoms with Gasteiger partial charge in [-0.1, -0.05) is 42.5 Å². The van der Waals surface area contributed by atoms with E-state index in [9.17, 15) is 15.0 Å². The van der Waals surface area contributed by atoms with Crippen LogP contribution in [0.1, 0.15) is 22.0 Å². The smallest absolute Gasteiger partial charge is 0.253 e. The van der Waals surface area contributed by atoms with Crippen LogP contribution in [-0.2, 0) is 0 Å². The van der Waals surface area contributed by atoms with Crippen LogP contribution in [0.2, 0.25) is 0 Å². The van der Waals surface area contributed by atoms with Crippen molar-refractivity contribution in [2.45, 2.75) is 12.1 Å². The van der Waals surface area contributed by atoms with Crippen LogP contribution in [-0.4, -0.2) is 54.9 Å². The number of rotatable bonds is 6. The summed E-state index contributed by atoms with van der Waals surface area (Å²) in [6, 6.07) is 15.7. The van der Waals surface area contributed by atoms with E-state index in [4.69, 9.17) is 0 Å². The van der Waals surface area contributed by atoms with Gasteiger partial charge in [0.15, 0.2) is 0 Å². The first kappa shape index (κ1) is 18.4. The molecule has 2 aromatic carbocycles. The molecule has 138 valence electrons. The monoisotopic (exact) mass is 355 g/mol. The Hall–Kier alpha value is -2.41. The Bertz CT molecular complexity index is 717. The SMILES string of the molecule is O=C(N[C@@H](CO)[C@@H](O)c1ccccc1)c1ccccc1N1CCNCC1. The van der Waals surface area contributed by atoms with Gasteiger partial charge in [0, 0.05) is 31.9 Å². The number of aliphatic hydroxyl groups is 2. The number of carbonyl (C=O) groups is 1. The van der Waals surface area contributed by atoms with E-state index < -0.39 is 12.1 Å². The Kier molecular flexibility index (Phi) is 6.22. The third kappa shape index (κ3) is 4.22. The number of hydrogen-bond donors (Lipinski definition) is 4. The van der Waals surface area contributed by atoms with E-state index in [1.54, 1.807) is 18.2 Å². The van der Waals surface area contributed by atoms with Crippen LogP contribution in [0.3, 0.4) is 0 Å². The van der Waals surface area contributed by atoms with Gasteiger partial charge in [-0.15, -0.1) is 0 Å². The fourth-order valence-electron chi connectivity index (χ4n) is 3.20. The van der Waals surface area contributed by atoms with Gasteiger partial charge in [0.25, 0.3) is 5.91 Å². The number of hydrogen-bond acceptors (Lipinski definition) is 5. The molecule has 3 rings (SSSR count). The lowest BCUT2D eigenvalue weighted by Gasteiger charge is -2.31. The lowest BCUT2D eigenvalue weighted by atomic mass is 10.0. The fraction of sp³-hybridized carbons (Fsp3) is 0.350. The summed E-state index contributed by atoms with van der Waals surface area (Å²) in [6.45, 7) is 3.07. The summed E-state index contributed by atoms with van der Waals surface area (Å²) < 4.78 is 0. The van der Waals surface area contributed by atoms with Crippen molar-refractivity contribution in [3.05, 3.63) is 65.7 Å². The van der Waals surface area contributed by atoms with Crippen LogP contribution in [0.5, 0.6) is 0 Å². The van der Waals surface area contributed by atoms with E-state index in [0.717, 1.165) is 31.9 Å². The lowest BCUT2D eigenvalue weighted by Crippen LogP contribution is -2.45. The number of piperazine rings is 1. The number of nitrogens with one attached hydrogen (secondary N) is 2. The van der Waals surface area contributed by atoms with Gasteiger partial charge in [0.2, 0.25) is 0 Å². The molecule has 1 amide bonds. The van der Waals surface area contributed by atoms with Crippen molar-refractivity contribution in [1.29, 1.82) is 0 Å². The van der Waals surface area contributed by atoms with Crippen LogP contribution in [0.15, 0.2) is 54.6 Å². The molecule has 1 saturated heterocycles. The number of nitrogens with zero attached hydrogens (tertiary/aromatic N) is 1. The Morgan fingerprint density at radius 2 is 1.73 bits per heavy atom. The maximum absolute atomic E-state index is 12.8. The third-order valence-corrected chi connectivity index (χ3v) is 4.64. The van der Waals surface area contributed by atoms with Crippen molar-refractivity contribution in [3.8, 4) is 0 Å². The van der Waals surface area contributed by atoms with Crippen molar-refractivity contribution < 1.29 is 15.0 Å². The topological polar surface area (TPSA) is 84.8 Å². The van der Waals surface area contributed by atoms with E-state index in [-0.39, 0.29) is 12.5 Å². The van der Waals surface area contributed by atoms with Gasteiger partial charge >= 0.3 is 0 Å². The largest absolute Gasteiger partial charge is 0.394 e. The van der Waals surface area contributed by atoms with E-state index >= 15 is 0 Å². The molecule has 0 unspecified atom stereocenters. The highest BCUT2D eigenvalue weighted by Crippen LogP contribution is 2.22. The summed E-state index contributed by atoms with van der Waals surface area (Å²) in [6.07, 6.45) is -0.975. The predicted octanol–water partition coefficient (Wildman–Crippen LogP) is 0.920.